The van der Waals surface area contributed by atoms with Gasteiger partial charge in [-0.25, -0.2) is 9.97 Å². The van der Waals surface area contributed by atoms with E-state index in [2.05, 4.69) is 41.8 Å². The molecule has 1 N–H and O–H groups in total. The fourth-order valence-electron chi connectivity index (χ4n) is 2.32. The zero-order valence-electron chi connectivity index (χ0n) is 11.0. The van der Waals surface area contributed by atoms with Crippen LogP contribution >= 0.6 is 22.6 Å². The molecular formula is C14H20IN3. The van der Waals surface area contributed by atoms with Crippen molar-refractivity contribution in [3.05, 3.63) is 15.1 Å². The predicted molar refractivity (Wildman–Crippen MR) is 82.0 cm³/mol. The molecule has 3 nitrogen and oxygen atoms in total. The molecule has 18 heavy (non-hydrogen) atoms. The summed E-state index contributed by atoms with van der Waals surface area (Å²) in [5, 5.41) is 3.46. The summed E-state index contributed by atoms with van der Waals surface area (Å²) in [6.07, 6.45) is 5.01. The minimum absolute atomic E-state index is 0.613. The first kappa shape index (κ1) is 12.6. The second kappa shape index (κ2) is 4.94. The topological polar surface area (TPSA) is 37.8 Å². The highest BCUT2D eigenvalue weighted by Gasteiger charge is 2.38. The first-order chi connectivity index (χ1) is 8.70. The van der Waals surface area contributed by atoms with E-state index in [0.717, 1.165) is 30.5 Å². The third kappa shape index (κ3) is 2.49. The smallest absolute Gasteiger partial charge is 0.143 e. The van der Waals surface area contributed by atoms with Gasteiger partial charge >= 0.3 is 0 Å². The van der Waals surface area contributed by atoms with E-state index in [1.54, 1.807) is 0 Å². The van der Waals surface area contributed by atoms with Crippen molar-refractivity contribution in [2.45, 2.75) is 51.4 Å². The lowest BCUT2D eigenvalue weighted by molar-refractivity contribution is 0.811. The van der Waals surface area contributed by atoms with E-state index in [0.29, 0.717) is 11.8 Å². The van der Waals surface area contributed by atoms with Gasteiger partial charge in [-0.1, -0.05) is 13.8 Å². The van der Waals surface area contributed by atoms with Crippen LogP contribution in [0.5, 0.6) is 0 Å². The zero-order chi connectivity index (χ0) is 12.7. The maximum atomic E-state index is 4.86. The Morgan fingerprint density at radius 3 is 2.61 bits per heavy atom. The summed E-state index contributed by atoms with van der Waals surface area (Å²) in [5.41, 5.74) is 1.30. The maximum absolute atomic E-state index is 4.86. The molecule has 1 heterocycles. The predicted octanol–water partition coefficient (Wildman–Crippen LogP) is 3.90. The molecule has 2 fully saturated rings. The number of hydrogen-bond donors (Lipinski definition) is 1. The third-order valence-corrected chi connectivity index (χ3v) is 4.91. The summed E-state index contributed by atoms with van der Waals surface area (Å²) in [6.45, 7) is 5.48. The van der Waals surface area contributed by atoms with Gasteiger partial charge in [-0.15, -0.1) is 0 Å². The van der Waals surface area contributed by atoms with Gasteiger partial charge in [0.25, 0.3) is 0 Å². The van der Waals surface area contributed by atoms with Gasteiger partial charge in [0.1, 0.15) is 11.6 Å². The van der Waals surface area contributed by atoms with Gasteiger partial charge in [0, 0.05) is 18.4 Å². The molecule has 0 saturated heterocycles. The van der Waals surface area contributed by atoms with Crippen LogP contribution in [0.25, 0.3) is 0 Å². The summed E-state index contributed by atoms with van der Waals surface area (Å²) >= 11 is 2.41. The largest absolute Gasteiger partial charge is 0.369 e. The van der Waals surface area contributed by atoms with E-state index >= 15 is 0 Å². The van der Waals surface area contributed by atoms with Gasteiger partial charge in [-0.3, -0.25) is 0 Å². The van der Waals surface area contributed by atoms with E-state index in [4.69, 9.17) is 9.97 Å². The minimum Gasteiger partial charge on any atom is -0.369 e. The number of nitrogens with one attached hydrogen (secondary N) is 1. The van der Waals surface area contributed by atoms with Crippen molar-refractivity contribution in [3.8, 4) is 0 Å². The first-order valence-electron chi connectivity index (χ1n) is 7.02. The Bertz CT molecular complexity index is 457. The molecule has 2 atom stereocenters. The van der Waals surface area contributed by atoms with Crippen LogP contribution in [0.3, 0.4) is 0 Å². The van der Waals surface area contributed by atoms with Crippen LogP contribution in [0.15, 0.2) is 0 Å². The Morgan fingerprint density at radius 1 is 1.33 bits per heavy atom. The summed E-state index contributed by atoms with van der Waals surface area (Å²) in [7, 11) is 0. The number of rotatable bonds is 5. The number of nitrogens with zero attached hydrogens (tertiary/aromatic N) is 2. The second-order valence-electron chi connectivity index (χ2n) is 5.65. The Morgan fingerprint density at radius 2 is 2.06 bits per heavy atom. The average molecular weight is 357 g/mol. The van der Waals surface area contributed by atoms with E-state index in [-0.39, 0.29) is 0 Å². The van der Waals surface area contributed by atoms with E-state index in [9.17, 15) is 0 Å². The van der Waals surface area contributed by atoms with Crippen LogP contribution in [0, 0.1) is 9.49 Å². The molecule has 1 aromatic heterocycles. The van der Waals surface area contributed by atoms with Gasteiger partial charge in [0.2, 0.25) is 0 Å². The molecule has 2 saturated carbocycles. The molecular weight excluding hydrogens is 337 g/mol. The maximum Gasteiger partial charge on any atom is 0.143 e. The Labute approximate surface area is 122 Å². The molecule has 4 heteroatoms. The monoisotopic (exact) mass is 357 g/mol. The second-order valence-corrected chi connectivity index (χ2v) is 6.73. The number of aromatic nitrogens is 2. The summed E-state index contributed by atoms with van der Waals surface area (Å²) < 4.78 is 1.25. The molecule has 3 rings (SSSR count). The van der Waals surface area contributed by atoms with Gasteiger partial charge in [-0.05, 0) is 54.2 Å². The molecule has 0 amide bonds. The van der Waals surface area contributed by atoms with Gasteiger partial charge in [0.15, 0.2) is 0 Å². The van der Waals surface area contributed by atoms with Crippen molar-refractivity contribution in [3.63, 3.8) is 0 Å². The summed E-state index contributed by atoms with van der Waals surface area (Å²) in [6, 6.07) is 0. The van der Waals surface area contributed by atoms with Gasteiger partial charge in [0.05, 0.1) is 9.26 Å². The van der Waals surface area contributed by atoms with Crippen molar-refractivity contribution < 1.29 is 0 Å². The lowest BCUT2D eigenvalue weighted by atomic mass is 10.2. The molecule has 1 aromatic rings. The minimum atomic E-state index is 0.613. The zero-order valence-corrected chi connectivity index (χ0v) is 13.2. The highest BCUT2D eigenvalue weighted by atomic mass is 127. The quantitative estimate of drug-likeness (QED) is 0.813. The number of halogens is 1. The highest BCUT2D eigenvalue weighted by molar-refractivity contribution is 14.1. The lowest BCUT2D eigenvalue weighted by Gasteiger charge is -2.12. The van der Waals surface area contributed by atoms with Gasteiger partial charge in [-0.2, -0.15) is 0 Å². The van der Waals surface area contributed by atoms with E-state index in [1.165, 1.54) is 28.5 Å². The van der Waals surface area contributed by atoms with E-state index < -0.39 is 0 Å². The van der Waals surface area contributed by atoms with Crippen molar-refractivity contribution >= 4 is 28.4 Å². The molecule has 2 aliphatic carbocycles. The molecule has 98 valence electrons. The SMILES string of the molecule is CCCNc1nc(C2CC2C)nc(C2CC2)c1I. The molecule has 2 unspecified atom stereocenters. The summed E-state index contributed by atoms with van der Waals surface area (Å²) in [4.78, 5) is 9.62. The molecule has 0 aromatic carbocycles. The van der Waals surface area contributed by atoms with Crippen molar-refractivity contribution in [1.82, 2.24) is 9.97 Å². The fourth-order valence-corrected chi connectivity index (χ4v) is 3.19. The van der Waals surface area contributed by atoms with E-state index in [1.807, 2.05) is 0 Å². The fraction of sp³-hybridized carbons (Fsp3) is 0.714. The normalized spacial score (nSPS) is 26.2. The number of anilines is 1. The van der Waals surface area contributed by atoms with Crippen LogP contribution < -0.4 is 5.32 Å². The number of hydrogen-bond acceptors (Lipinski definition) is 3. The average Bonchev–Trinajstić information content (AvgIpc) is 3.24. The van der Waals surface area contributed by atoms with Crippen molar-refractivity contribution in [2.75, 3.05) is 11.9 Å². The van der Waals surface area contributed by atoms with Crippen molar-refractivity contribution in [1.29, 1.82) is 0 Å². The van der Waals surface area contributed by atoms with Crippen molar-refractivity contribution in [2.24, 2.45) is 5.92 Å². The molecule has 0 spiro atoms. The molecule has 0 bridgehead atoms. The van der Waals surface area contributed by atoms with Crippen LogP contribution in [-0.4, -0.2) is 16.5 Å². The summed E-state index contributed by atoms with van der Waals surface area (Å²) in [5.74, 6) is 4.25. The Hall–Kier alpha value is -0.390. The van der Waals surface area contributed by atoms with Gasteiger partial charge < -0.3 is 5.32 Å². The van der Waals surface area contributed by atoms with Crippen LogP contribution in [-0.2, 0) is 0 Å². The standard InChI is InChI=1S/C14H20IN3/c1-3-6-16-14-11(15)12(9-4-5-9)17-13(18-14)10-7-8(10)2/h8-10H,3-7H2,1-2H3,(H,16,17,18). The van der Waals surface area contributed by atoms with Crippen LogP contribution in [0.4, 0.5) is 5.82 Å². The molecule has 2 aliphatic rings. The van der Waals surface area contributed by atoms with Crippen LogP contribution in [0.1, 0.15) is 62.9 Å². The first-order valence-corrected chi connectivity index (χ1v) is 8.09. The Balaban J connectivity index is 1.92. The highest BCUT2D eigenvalue weighted by Crippen LogP contribution is 2.48. The van der Waals surface area contributed by atoms with Crippen LogP contribution in [0.2, 0.25) is 0 Å². The third-order valence-electron chi connectivity index (χ3n) is 3.84. The molecule has 0 radical (unpaired) electrons. The Kier molecular flexibility index (Phi) is 3.47. The molecule has 0 aliphatic heterocycles. The lowest BCUT2D eigenvalue weighted by Crippen LogP contribution is -2.10.